The average molecular weight is 270 g/mol. The normalized spacial score (nSPS) is 27.9. The van der Waals surface area contributed by atoms with Gasteiger partial charge < -0.3 is 14.7 Å². The van der Waals surface area contributed by atoms with Gasteiger partial charge in [0.2, 0.25) is 5.91 Å². The molecule has 0 aromatic carbocycles. The largest absolute Gasteiger partial charge is 0.395 e. The lowest BCUT2D eigenvalue weighted by Gasteiger charge is -2.39. The van der Waals surface area contributed by atoms with E-state index in [2.05, 4.69) is 4.90 Å². The fourth-order valence-corrected chi connectivity index (χ4v) is 3.03. The van der Waals surface area contributed by atoms with Crippen LogP contribution in [0.3, 0.4) is 0 Å². The predicted octanol–water partition coefficient (Wildman–Crippen LogP) is 0.471. The van der Waals surface area contributed by atoms with Crippen molar-refractivity contribution in [1.82, 2.24) is 9.80 Å². The van der Waals surface area contributed by atoms with E-state index in [-0.39, 0.29) is 24.6 Å². The van der Waals surface area contributed by atoms with Crippen molar-refractivity contribution in [2.75, 3.05) is 39.5 Å². The Kier molecular flexibility index (Phi) is 5.60. The maximum atomic E-state index is 12.6. The minimum Gasteiger partial charge on any atom is -0.395 e. The van der Waals surface area contributed by atoms with Crippen LogP contribution in [-0.4, -0.2) is 72.4 Å². The average Bonchev–Trinajstić information content (AvgIpc) is 2.74. The highest BCUT2D eigenvalue weighted by Crippen LogP contribution is 2.16. The van der Waals surface area contributed by atoms with Gasteiger partial charge in [0.1, 0.15) is 0 Å². The molecule has 2 heterocycles. The molecule has 1 N–H and O–H groups in total. The predicted molar refractivity (Wildman–Crippen MR) is 72.9 cm³/mol. The van der Waals surface area contributed by atoms with E-state index in [0.29, 0.717) is 13.2 Å². The molecule has 0 saturated carbocycles. The number of amides is 1. The van der Waals surface area contributed by atoms with E-state index in [1.165, 1.54) is 12.8 Å². The van der Waals surface area contributed by atoms with Gasteiger partial charge in [0.05, 0.1) is 31.9 Å². The van der Waals surface area contributed by atoms with Gasteiger partial charge in [-0.3, -0.25) is 9.69 Å². The number of hydrogen-bond donors (Lipinski definition) is 1. The summed E-state index contributed by atoms with van der Waals surface area (Å²) in [6.45, 7) is 5.68. The second kappa shape index (κ2) is 7.22. The highest BCUT2D eigenvalue weighted by atomic mass is 16.5. The molecule has 2 aliphatic rings. The van der Waals surface area contributed by atoms with Crippen LogP contribution in [0.1, 0.15) is 32.6 Å². The van der Waals surface area contributed by atoms with E-state index in [1.54, 1.807) is 0 Å². The summed E-state index contributed by atoms with van der Waals surface area (Å²) in [4.78, 5) is 16.7. The number of aliphatic hydroxyl groups is 1. The zero-order chi connectivity index (χ0) is 13.7. The second-order valence-corrected chi connectivity index (χ2v) is 5.56. The standard InChI is InChI=1S/C14H26N2O3/c1-12(16-8-9-19-11-13(16)10-17)14(18)15-6-4-2-3-5-7-15/h12-13,17H,2-11H2,1H3. The van der Waals surface area contributed by atoms with Crippen LogP contribution >= 0.6 is 0 Å². The summed E-state index contributed by atoms with van der Waals surface area (Å²) in [6.07, 6.45) is 4.69. The summed E-state index contributed by atoms with van der Waals surface area (Å²) in [5.74, 6) is 0.210. The van der Waals surface area contributed by atoms with Crippen LogP contribution in [0.4, 0.5) is 0 Å². The van der Waals surface area contributed by atoms with Crippen LogP contribution in [0.15, 0.2) is 0 Å². The van der Waals surface area contributed by atoms with Gasteiger partial charge in [0, 0.05) is 19.6 Å². The smallest absolute Gasteiger partial charge is 0.239 e. The van der Waals surface area contributed by atoms with Crippen LogP contribution in [0, 0.1) is 0 Å². The van der Waals surface area contributed by atoms with Crippen molar-refractivity contribution < 1.29 is 14.6 Å². The molecule has 0 aliphatic carbocycles. The number of ether oxygens (including phenoxy) is 1. The number of hydrogen-bond acceptors (Lipinski definition) is 4. The van der Waals surface area contributed by atoms with Crippen molar-refractivity contribution in [3.8, 4) is 0 Å². The van der Waals surface area contributed by atoms with E-state index >= 15 is 0 Å². The van der Waals surface area contributed by atoms with Gasteiger partial charge in [0.15, 0.2) is 0 Å². The number of carbonyl (C=O) groups excluding carboxylic acids is 1. The van der Waals surface area contributed by atoms with Gasteiger partial charge in [-0.15, -0.1) is 0 Å². The molecular formula is C14H26N2O3. The van der Waals surface area contributed by atoms with Crippen LogP contribution in [0.25, 0.3) is 0 Å². The molecule has 5 heteroatoms. The zero-order valence-electron chi connectivity index (χ0n) is 11.9. The van der Waals surface area contributed by atoms with Crippen molar-refractivity contribution in [1.29, 1.82) is 0 Å². The van der Waals surface area contributed by atoms with E-state index in [9.17, 15) is 9.90 Å². The highest BCUT2D eigenvalue weighted by Gasteiger charge is 2.32. The van der Waals surface area contributed by atoms with Crippen molar-refractivity contribution in [2.45, 2.75) is 44.7 Å². The van der Waals surface area contributed by atoms with Gasteiger partial charge in [-0.1, -0.05) is 12.8 Å². The van der Waals surface area contributed by atoms with E-state index in [0.717, 1.165) is 32.5 Å². The van der Waals surface area contributed by atoms with Crippen molar-refractivity contribution in [3.05, 3.63) is 0 Å². The molecule has 0 bridgehead atoms. The number of likely N-dealkylation sites (tertiary alicyclic amines) is 1. The molecule has 5 nitrogen and oxygen atoms in total. The third-order valence-electron chi connectivity index (χ3n) is 4.26. The molecule has 19 heavy (non-hydrogen) atoms. The first-order chi connectivity index (χ1) is 9.24. The molecule has 110 valence electrons. The van der Waals surface area contributed by atoms with Gasteiger partial charge in [0.25, 0.3) is 0 Å². The topological polar surface area (TPSA) is 53.0 Å². The summed E-state index contributed by atoms with van der Waals surface area (Å²) in [7, 11) is 0. The van der Waals surface area contributed by atoms with Gasteiger partial charge in [-0.25, -0.2) is 0 Å². The third-order valence-corrected chi connectivity index (χ3v) is 4.26. The maximum Gasteiger partial charge on any atom is 0.239 e. The van der Waals surface area contributed by atoms with Gasteiger partial charge >= 0.3 is 0 Å². The Balaban J connectivity index is 1.96. The SMILES string of the molecule is CC(C(=O)N1CCCCCC1)N1CCOCC1CO. The Morgan fingerprint density at radius 1 is 1.26 bits per heavy atom. The molecule has 0 spiro atoms. The molecule has 0 radical (unpaired) electrons. The summed E-state index contributed by atoms with van der Waals surface area (Å²) in [5.41, 5.74) is 0. The number of aliphatic hydroxyl groups excluding tert-OH is 1. The molecule has 2 aliphatic heterocycles. The number of carbonyl (C=O) groups is 1. The Bertz CT molecular complexity index is 290. The Morgan fingerprint density at radius 2 is 1.95 bits per heavy atom. The monoisotopic (exact) mass is 270 g/mol. The Labute approximate surface area is 115 Å². The van der Waals surface area contributed by atoms with Crippen molar-refractivity contribution in [3.63, 3.8) is 0 Å². The molecule has 2 fully saturated rings. The van der Waals surface area contributed by atoms with Gasteiger partial charge in [-0.2, -0.15) is 0 Å². The molecule has 0 aromatic heterocycles. The number of rotatable bonds is 3. The molecule has 2 rings (SSSR count). The lowest BCUT2D eigenvalue weighted by molar-refractivity contribution is -0.141. The van der Waals surface area contributed by atoms with Gasteiger partial charge in [-0.05, 0) is 19.8 Å². The molecule has 1 amide bonds. The third kappa shape index (κ3) is 3.68. The lowest BCUT2D eigenvalue weighted by Crippen LogP contribution is -2.56. The molecular weight excluding hydrogens is 244 g/mol. The minimum atomic E-state index is -0.154. The maximum absolute atomic E-state index is 12.6. The molecule has 2 saturated heterocycles. The first-order valence-corrected chi connectivity index (χ1v) is 7.47. The van der Waals surface area contributed by atoms with Crippen LogP contribution in [0.2, 0.25) is 0 Å². The molecule has 2 unspecified atom stereocenters. The summed E-state index contributed by atoms with van der Waals surface area (Å²) < 4.78 is 5.37. The lowest BCUT2D eigenvalue weighted by atomic mass is 10.1. The summed E-state index contributed by atoms with van der Waals surface area (Å²) in [6, 6.07) is -0.196. The number of nitrogens with zero attached hydrogens (tertiary/aromatic N) is 2. The van der Waals surface area contributed by atoms with E-state index in [4.69, 9.17) is 4.74 Å². The quantitative estimate of drug-likeness (QED) is 0.810. The van der Waals surface area contributed by atoms with E-state index in [1.807, 2.05) is 11.8 Å². The fraction of sp³-hybridized carbons (Fsp3) is 0.929. The minimum absolute atomic E-state index is 0.0420. The first-order valence-electron chi connectivity index (χ1n) is 7.47. The summed E-state index contributed by atoms with van der Waals surface area (Å²) in [5, 5.41) is 9.40. The van der Waals surface area contributed by atoms with Crippen LogP contribution in [0.5, 0.6) is 0 Å². The fourth-order valence-electron chi connectivity index (χ4n) is 3.03. The summed E-state index contributed by atoms with van der Waals surface area (Å²) >= 11 is 0. The van der Waals surface area contributed by atoms with Crippen molar-refractivity contribution in [2.24, 2.45) is 0 Å². The first kappa shape index (κ1) is 14.8. The van der Waals surface area contributed by atoms with Crippen molar-refractivity contribution >= 4 is 5.91 Å². The number of morpholine rings is 1. The zero-order valence-corrected chi connectivity index (χ0v) is 11.9. The molecule has 0 aromatic rings. The highest BCUT2D eigenvalue weighted by molar-refractivity contribution is 5.81. The van der Waals surface area contributed by atoms with Crippen LogP contribution in [-0.2, 0) is 9.53 Å². The van der Waals surface area contributed by atoms with Crippen LogP contribution < -0.4 is 0 Å². The Hall–Kier alpha value is -0.650. The second-order valence-electron chi connectivity index (χ2n) is 5.56. The Morgan fingerprint density at radius 3 is 2.58 bits per heavy atom. The van der Waals surface area contributed by atoms with E-state index < -0.39 is 0 Å². The molecule has 2 atom stereocenters.